The second-order valence-electron chi connectivity index (χ2n) is 4.94. The predicted molar refractivity (Wildman–Crippen MR) is 75.0 cm³/mol. The van der Waals surface area contributed by atoms with Crippen LogP contribution in [0.25, 0.3) is 0 Å². The third-order valence-corrected chi connectivity index (χ3v) is 3.29. The van der Waals surface area contributed by atoms with Crippen LogP contribution in [0.15, 0.2) is 12.4 Å². The van der Waals surface area contributed by atoms with Crippen molar-refractivity contribution < 1.29 is 0 Å². The second-order valence-corrected chi connectivity index (χ2v) is 4.94. The van der Waals surface area contributed by atoms with Crippen molar-refractivity contribution in [3.63, 3.8) is 0 Å². The van der Waals surface area contributed by atoms with Crippen molar-refractivity contribution >= 4 is 0 Å². The molecule has 5 heteroatoms. The van der Waals surface area contributed by atoms with Crippen LogP contribution in [-0.2, 0) is 6.42 Å². The third-order valence-electron chi connectivity index (χ3n) is 3.29. The molecule has 2 aromatic heterocycles. The summed E-state index contributed by atoms with van der Waals surface area (Å²) in [4.78, 5) is 8.66. The molecule has 0 saturated heterocycles. The molecule has 2 aromatic rings. The summed E-state index contributed by atoms with van der Waals surface area (Å²) >= 11 is 0. The molecule has 0 aliphatic carbocycles. The van der Waals surface area contributed by atoms with Gasteiger partial charge in [-0.2, -0.15) is 5.10 Å². The van der Waals surface area contributed by atoms with E-state index in [1.54, 1.807) is 0 Å². The van der Waals surface area contributed by atoms with E-state index >= 15 is 0 Å². The van der Waals surface area contributed by atoms with E-state index in [4.69, 9.17) is 0 Å². The molecule has 0 amide bonds. The summed E-state index contributed by atoms with van der Waals surface area (Å²) in [5, 5.41) is 10.2. The monoisotopic (exact) mass is 259 g/mol. The first kappa shape index (κ1) is 13.7. The zero-order chi connectivity index (χ0) is 13.8. The van der Waals surface area contributed by atoms with Gasteiger partial charge in [-0.25, -0.2) is 4.98 Å². The van der Waals surface area contributed by atoms with Gasteiger partial charge < -0.3 is 5.32 Å². The van der Waals surface area contributed by atoms with Crippen LogP contribution in [0.3, 0.4) is 0 Å². The van der Waals surface area contributed by atoms with Crippen LogP contribution >= 0.6 is 0 Å². The Kier molecular flexibility index (Phi) is 4.27. The van der Waals surface area contributed by atoms with Crippen LogP contribution < -0.4 is 5.32 Å². The third kappa shape index (κ3) is 3.38. The van der Waals surface area contributed by atoms with E-state index in [9.17, 15) is 0 Å². The molecule has 1 atom stereocenters. The van der Waals surface area contributed by atoms with Crippen LogP contribution in [0.5, 0.6) is 0 Å². The normalized spacial score (nSPS) is 12.6. The van der Waals surface area contributed by atoms with Crippen molar-refractivity contribution in [3.05, 3.63) is 40.7 Å². The zero-order valence-electron chi connectivity index (χ0n) is 12.0. The Bertz CT molecular complexity index is 510. The number of aryl methyl sites for hydroxylation is 3. The summed E-state index contributed by atoms with van der Waals surface area (Å²) in [6.45, 7) is 9.29. The first-order valence-electron chi connectivity index (χ1n) is 6.60. The van der Waals surface area contributed by atoms with Gasteiger partial charge in [0.25, 0.3) is 0 Å². The van der Waals surface area contributed by atoms with Gasteiger partial charge in [0, 0.05) is 30.4 Å². The van der Waals surface area contributed by atoms with Crippen molar-refractivity contribution in [3.8, 4) is 0 Å². The average Bonchev–Trinajstić information content (AvgIpc) is 2.80. The van der Waals surface area contributed by atoms with Gasteiger partial charge in [-0.05, 0) is 44.9 Å². The number of pyridine rings is 1. The largest absolute Gasteiger partial charge is 0.310 e. The van der Waals surface area contributed by atoms with Crippen LogP contribution in [-0.4, -0.2) is 26.7 Å². The Morgan fingerprint density at radius 1 is 1.32 bits per heavy atom. The van der Waals surface area contributed by atoms with E-state index in [0.29, 0.717) is 0 Å². The molecular weight excluding hydrogens is 238 g/mol. The van der Waals surface area contributed by atoms with E-state index < -0.39 is 0 Å². The second kappa shape index (κ2) is 5.93. The topological polar surface area (TPSA) is 66.5 Å². The summed E-state index contributed by atoms with van der Waals surface area (Å²) in [5.74, 6) is 0.912. The maximum absolute atomic E-state index is 4.54. The fourth-order valence-electron chi connectivity index (χ4n) is 2.55. The van der Waals surface area contributed by atoms with Crippen molar-refractivity contribution in [2.45, 2.75) is 40.2 Å². The number of nitrogens with one attached hydrogen (secondary N) is 2. The lowest BCUT2D eigenvalue weighted by Gasteiger charge is -2.18. The molecule has 0 aliphatic rings. The summed E-state index contributed by atoms with van der Waals surface area (Å²) in [5.41, 5.74) is 4.78. The fraction of sp³-hybridized carbons (Fsp3) is 0.500. The minimum Gasteiger partial charge on any atom is -0.310 e. The van der Waals surface area contributed by atoms with Gasteiger partial charge in [0.1, 0.15) is 12.2 Å². The van der Waals surface area contributed by atoms with Crippen LogP contribution in [0.2, 0.25) is 0 Å². The first-order chi connectivity index (χ1) is 9.08. The molecule has 2 N–H and O–H groups in total. The lowest BCUT2D eigenvalue weighted by atomic mass is 10.0. The van der Waals surface area contributed by atoms with Gasteiger partial charge in [-0.15, -0.1) is 0 Å². The molecule has 1 unspecified atom stereocenters. The molecule has 19 heavy (non-hydrogen) atoms. The minimum atomic E-state index is 0.288. The molecule has 5 nitrogen and oxygen atoms in total. The summed E-state index contributed by atoms with van der Waals surface area (Å²) in [7, 11) is 0. The SMILES string of the molecule is Cc1cc(C)c(C(C)NCCc2ncn[nH]2)c(C)n1. The van der Waals surface area contributed by atoms with Gasteiger partial charge in [0.15, 0.2) is 0 Å². The van der Waals surface area contributed by atoms with Crippen molar-refractivity contribution in [1.82, 2.24) is 25.5 Å². The van der Waals surface area contributed by atoms with E-state index in [1.807, 2.05) is 6.92 Å². The highest BCUT2D eigenvalue weighted by atomic mass is 15.2. The summed E-state index contributed by atoms with van der Waals surface area (Å²) in [6, 6.07) is 2.42. The van der Waals surface area contributed by atoms with Gasteiger partial charge in [-0.3, -0.25) is 10.1 Å². The van der Waals surface area contributed by atoms with Crippen molar-refractivity contribution in [2.24, 2.45) is 0 Å². The number of aromatic nitrogens is 4. The average molecular weight is 259 g/mol. The van der Waals surface area contributed by atoms with E-state index in [0.717, 1.165) is 30.2 Å². The Hall–Kier alpha value is -1.75. The minimum absolute atomic E-state index is 0.288. The van der Waals surface area contributed by atoms with E-state index in [1.165, 1.54) is 17.5 Å². The zero-order valence-corrected chi connectivity index (χ0v) is 12.0. The molecule has 102 valence electrons. The maximum Gasteiger partial charge on any atom is 0.137 e. The number of nitrogens with zero attached hydrogens (tertiary/aromatic N) is 3. The number of aromatic amines is 1. The highest BCUT2D eigenvalue weighted by molar-refractivity contribution is 5.33. The predicted octanol–water partition coefficient (Wildman–Crippen LogP) is 2.02. The molecule has 0 bridgehead atoms. The molecule has 0 aliphatic heterocycles. The highest BCUT2D eigenvalue weighted by Crippen LogP contribution is 2.20. The van der Waals surface area contributed by atoms with Gasteiger partial charge >= 0.3 is 0 Å². The number of rotatable bonds is 5. The maximum atomic E-state index is 4.54. The van der Waals surface area contributed by atoms with Gasteiger partial charge in [-0.1, -0.05) is 0 Å². The summed E-state index contributed by atoms with van der Waals surface area (Å²) < 4.78 is 0. The van der Waals surface area contributed by atoms with Gasteiger partial charge in [0.05, 0.1) is 0 Å². The summed E-state index contributed by atoms with van der Waals surface area (Å²) in [6.07, 6.45) is 2.39. The van der Waals surface area contributed by atoms with Crippen molar-refractivity contribution in [2.75, 3.05) is 6.54 Å². The standard InChI is InChI=1S/C14H21N5/c1-9-7-10(2)18-12(4)14(9)11(3)15-6-5-13-16-8-17-19-13/h7-8,11,15H,5-6H2,1-4H3,(H,16,17,19). The molecule has 0 saturated carbocycles. The number of H-pyrrole nitrogens is 1. The Labute approximate surface area is 113 Å². The molecule has 0 spiro atoms. The smallest absolute Gasteiger partial charge is 0.137 e. The van der Waals surface area contributed by atoms with Crippen LogP contribution in [0.4, 0.5) is 0 Å². The van der Waals surface area contributed by atoms with Crippen molar-refractivity contribution in [1.29, 1.82) is 0 Å². The highest BCUT2D eigenvalue weighted by Gasteiger charge is 2.12. The lowest BCUT2D eigenvalue weighted by molar-refractivity contribution is 0.563. The molecule has 0 fully saturated rings. The Morgan fingerprint density at radius 2 is 2.11 bits per heavy atom. The van der Waals surface area contributed by atoms with Gasteiger partial charge in [0.2, 0.25) is 0 Å². The van der Waals surface area contributed by atoms with Crippen LogP contribution in [0.1, 0.15) is 41.3 Å². The lowest BCUT2D eigenvalue weighted by Crippen LogP contribution is -2.23. The Morgan fingerprint density at radius 3 is 2.74 bits per heavy atom. The van der Waals surface area contributed by atoms with E-state index in [2.05, 4.69) is 52.3 Å². The molecule has 2 heterocycles. The Balaban J connectivity index is 1.98. The molecular formula is C14H21N5. The molecule has 0 radical (unpaired) electrons. The quantitative estimate of drug-likeness (QED) is 0.862. The first-order valence-corrected chi connectivity index (χ1v) is 6.60. The fourth-order valence-corrected chi connectivity index (χ4v) is 2.55. The number of hydrogen-bond acceptors (Lipinski definition) is 4. The van der Waals surface area contributed by atoms with Crippen LogP contribution in [0, 0.1) is 20.8 Å². The van der Waals surface area contributed by atoms with E-state index in [-0.39, 0.29) is 6.04 Å². The number of hydrogen-bond donors (Lipinski definition) is 2. The molecule has 0 aromatic carbocycles. The molecule has 2 rings (SSSR count).